The smallest absolute Gasteiger partial charge is 0.304 e. The zero-order valence-electron chi connectivity index (χ0n) is 11.5. The van der Waals surface area contributed by atoms with Crippen molar-refractivity contribution in [1.29, 1.82) is 0 Å². The number of thioether (sulfide) groups is 1. The molecule has 1 aromatic rings. The van der Waals surface area contributed by atoms with Crippen LogP contribution in [0.2, 0.25) is 0 Å². The van der Waals surface area contributed by atoms with Gasteiger partial charge in [-0.3, -0.25) is 10.5 Å². The topological polar surface area (TPSA) is 131 Å². The number of urea groups is 1. The summed E-state index contributed by atoms with van der Waals surface area (Å²) in [5.74, 6) is 0.150. The zero-order valence-corrected chi connectivity index (χ0v) is 13.2. The molecule has 4 N–H and O–H groups in total. The molecule has 0 saturated carbocycles. The second-order valence-electron chi connectivity index (χ2n) is 4.35. The number of carbonyl (C=O) groups is 2. The number of hydrogen-bond acceptors (Lipinski definition) is 8. The minimum atomic E-state index is -1.14. The van der Waals surface area contributed by atoms with E-state index in [1.54, 1.807) is 13.8 Å². The summed E-state index contributed by atoms with van der Waals surface area (Å²) >= 11 is 5.12. The molecule has 10 nitrogen and oxygen atoms in total. The number of amides is 3. The average molecular weight is 330 g/mol. The lowest BCUT2D eigenvalue weighted by Crippen LogP contribution is -2.51. The molecule has 2 heterocycles. The number of nitrogens with zero attached hydrogens (tertiary/aromatic N) is 5. The molecule has 0 saturated heterocycles. The van der Waals surface area contributed by atoms with Gasteiger partial charge in [-0.05, 0) is 25.6 Å². The first-order chi connectivity index (χ1) is 9.70. The maximum atomic E-state index is 12.3. The van der Waals surface area contributed by atoms with E-state index in [2.05, 4.69) is 38.7 Å². The van der Waals surface area contributed by atoms with E-state index in [1.807, 2.05) is 0 Å². The van der Waals surface area contributed by atoms with E-state index in [0.29, 0.717) is 5.82 Å². The van der Waals surface area contributed by atoms with Gasteiger partial charge in [0.2, 0.25) is 11.1 Å². The predicted molar refractivity (Wildman–Crippen MR) is 80.0 cm³/mol. The maximum Gasteiger partial charge on any atom is 0.359 e. The van der Waals surface area contributed by atoms with Gasteiger partial charge in [-0.15, -0.1) is 27.9 Å². The van der Waals surface area contributed by atoms with E-state index < -0.39 is 11.0 Å². The molecule has 21 heavy (non-hydrogen) atoms. The van der Waals surface area contributed by atoms with Crippen LogP contribution in [0.3, 0.4) is 0 Å². The van der Waals surface area contributed by atoms with Gasteiger partial charge in [-0.25, -0.2) is 14.9 Å². The van der Waals surface area contributed by atoms with Gasteiger partial charge in [0.15, 0.2) is 10.2 Å². The summed E-state index contributed by atoms with van der Waals surface area (Å²) in [5.41, 5.74) is 8.52. The lowest BCUT2D eigenvalue weighted by molar-refractivity contribution is -0.117. The lowest BCUT2D eigenvalue weighted by atomic mass is 10.5. The number of carbonyl (C=O) groups excluding carboxylic acids is 2. The fourth-order valence-electron chi connectivity index (χ4n) is 1.52. The minimum absolute atomic E-state index is 0.220. The van der Waals surface area contributed by atoms with Crippen LogP contribution in [-0.2, 0) is 4.79 Å². The minimum Gasteiger partial charge on any atom is -0.304 e. The highest BCUT2D eigenvalue weighted by Gasteiger charge is 2.41. The third-order valence-corrected chi connectivity index (χ3v) is 3.66. The summed E-state index contributed by atoms with van der Waals surface area (Å²) < 4.78 is 1.29. The molecule has 0 radical (unpaired) electrons. The van der Waals surface area contributed by atoms with E-state index in [4.69, 9.17) is 5.73 Å². The molecule has 1 aromatic heterocycles. The Morgan fingerprint density at radius 2 is 2.10 bits per heavy atom. The molecule has 1 aliphatic heterocycles. The number of nitrogens with one attached hydrogen (secondary N) is 2. The number of hydrogen-bond donors (Lipinski definition) is 4. The van der Waals surface area contributed by atoms with Crippen molar-refractivity contribution in [1.82, 2.24) is 25.2 Å². The number of aromatic nitrogens is 3. The van der Waals surface area contributed by atoms with Crippen molar-refractivity contribution in [3.63, 3.8) is 0 Å². The summed E-state index contributed by atoms with van der Waals surface area (Å²) in [6, 6.07) is -0.606. The number of hydrazone groups is 1. The number of thiol groups is 1. The number of amidine groups is 1. The highest BCUT2D eigenvalue weighted by molar-refractivity contribution is 8.15. The third kappa shape index (κ3) is 3.28. The molecule has 0 aliphatic carbocycles. The van der Waals surface area contributed by atoms with Crippen molar-refractivity contribution < 1.29 is 9.59 Å². The van der Waals surface area contributed by atoms with Crippen molar-refractivity contribution in [2.75, 3.05) is 5.43 Å². The van der Waals surface area contributed by atoms with E-state index >= 15 is 0 Å². The molecule has 1 atom stereocenters. The number of rotatable bonds is 1. The molecule has 12 heteroatoms. The first kappa shape index (κ1) is 15.6. The predicted octanol–water partition coefficient (Wildman–Crippen LogP) is -0.373. The van der Waals surface area contributed by atoms with Crippen LogP contribution in [0, 0.1) is 6.92 Å². The SMILES string of the molecule is CC(=O)NC1=NN(C(=O)Nn2c(C)nnc2S)C(C)(N)S1. The van der Waals surface area contributed by atoms with Gasteiger partial charge in [0.1, 0.15) is 5.82 Å². The molecular weight excluding hydrogens is 316 g/mol. The Hall–Kier alpha value is -1.79. The summed E-state index contributed by atoms with van der Waals surface area (Å²) in [5, 5.41) is 15.4. The second kappa shape index (κ2) is 5.54. The first-order valence-corrected chi connectivity index (χ1v) is 7.03. The average Bonchev–Trinajstić information content (AvgIpc) is 2.81. The summed E-state index contributed by atoms with van der Waals surface area (Å²) in [6.45, 7) is 4.59. The van der Waals surface area contributed by atoms with Crippen molar-refractivity contribution in [2.45, 2.75) is 30.9 Å². The summed E-state index contributed by atoms with van der Waals surface area (Å²) in [6.07, 6.45) is 0. The summed E-state index contributed by atoms with van der Waals surface area (Å²) in [4.78, 5) is 22.2. The fraction of sp³-hybridized carbons (Fsp3) is 0.444. The molecule has 1 unspecified atom stereocenters. The van der Waals surface area contributed by atoms with E-state index in [9.17, 15) is 9.59 Å². The second-order valence-corrected chi connectivity index (χ2v) is 6.17. The number of aryl methyl sites for hydroxylation is 1. The van der Waals surface area contributed by atoms with E-state index in [1.165, 1.54) is 11.6 Å². The summed E-state index contributed by atoms with van der Waals surface area (Å²) in [7, 11) is 0. The van der Waals surface area contributed by atoms with Crippen molar-refractivity contribution in [2.24, 2.45) is 10.8 Å². The first-order valence-electron chi connectivity index (χ1n) is 5.77. The Morgan fingerprint density at radius 3 is 2.62 bits per heavy atom. The van der Waals surface area contributed by atoms with Gasteiger partial charge < -0.3 is 5.32 Å². The molecule has 0 spiro atoms. The van der Waals surface area contributed by atoms with Crippen LogP contribution in [0.15, 0.2) is 10.3 Å². The van der Waals surface area contributed by atoms with Gasteiger partial charge in [-0.1, -0.05) is 0 Å². The maximum absolute atomic E-state index is 12.3. The van der Waals surface area contributed by atoms with Crippen LogP contribution in [0.5, 0.6) is 0 Å². The highest BCUT2D eigenvalue weighted by atomic mass is 32.2. The Kier molecular flexibility index (Phi) is 4.11. The Morgan fingerprint density at radius 1 is 1.43 bits per heavy atom. The standard InChI is InChI=1S/C9H14N8O2S2/c1-4-12-13-8(20)16(4)15-7(19)17-9(3,10)21-6(14-17)11-5(2)18/h10H2,1-3H3,(H,13,20)(H,15,19)(H,11,14,18). The number of nitrogens with two attached hydrogens (primary N) is 1. The van der Waals surface area contributed by atoms with Crippen molar-refractivity contribution in [3.05, 3.63) is 5.82 Å². The molecular formula is C9H14N8O2S2. The van der Waals surface area contributed by atoms with E-state index in [0.717, 1.165) is 16.8 Å². The molecule has 3 amide bonds. The van der Waals surface area contributed by atoms with Crippen LogP contribution in [0.1, 0.15) is 19.7 Å². The van der Waals surface area contributed by atoms with Crippen LogP contribution in [0.4, 0.5) is 4.79 Å². The van der Waals surface area contributed by atoms with Gasteiger partial charge in [0, 0.05) is 6.92 Å². The Bertz CT molecular complexity index is 606. The Labute approximate surface area is 129 Å². The van der Waals surface area contributed by atoms with Gasteiger partial charge in [0.05, 0.1) is 0 Å². The molecule has 0 aromatic carbocycles. The molecule has 2 rings (SSSR count). The van der Waals surface area contributed by atoms with Crippen LogP contribution >= 0.6 is 24.4 Å². The van der Waals surface area contributed by atoms with Gasteiger partial charge in [-0.2, -0.15) is 5.01 Å². The molecule has 114 valence electrons. The van der Waals surface area contributed by atoms with Crippen molar-refractivity contribution >= 4 is 41.5 Å². The zero-order chi connectivity index (χ0) is 15.8. The molecule has 1 aliphatic rings. The Balaban J connectivity index is 2.18. The van der Waals surface area contributed by atoms with Gasteiger partial charge in [0.25, 0.3) is 0 Å². The van der Waals surface area contributed by atoms with Crippen LogP contribution in [0.25, 0.3) is 0 Å². The largest absolute Gasteiger partial charge is 0.359 e. The highest BCUT2D eigenvalue weighted by Crippen LogP contribution is 2.31. The van der Waals surface area contributed by atoms with Crippen LogP contribution < -0.4 is 16.5 Å². The molecule has 0 fully saturated rings. The molecule has 0 bridgehead atoms. The monoisotopic (exact) mass is 330 g/mol. The van der Waals surface area contributed by atoms with E-state index in [-0.39, 0.29) is 16.2 Å². The van der Waals surface area contributed by atoms with Crippen LogP contribution in [-0.4, -0.2) is 42.0 Å². The van der Waals surface area contributed by atoms with Gasteiger partial charge >= 0.3 is 6.03 Å². The quantitative estimate of drug-likeness (QED) is 0.520. The lowest BCUT2D eigenvalue weighted by Gasteiger charge is -2.26. The van der Waals surface area contributed by atoms with Crippen molar-refractivity contribution in [3.8, 4) is 0 Å². The third-order valence-electron chi connectivity index (χ3n) is 2.41. The normalized spacial score (nSPS) is 21.2. The fourth-order valence-corrected chi connectivity index (χ4v) is 2.68.